The van der Waals surface area contributed by atoms with Gasteiger partial charge in [-0.25, -0.2) is 4.68 Å². The van der Waals surface area contributed by atoms with Gasteiger partial charge < -0.3 is 20.8 Å². The van der Waals surface area contributed by atoms with Crippen LogP contribution in [0.5, 0.6) is 11.5 Å². The van der Waals surface area contributed by atoms with Crippen LogP contribution in [0.15, 0.2) is 85.2 Å². The molecule has 8 rings (SSSR count). The van der Waals surface area contributed by atoms with Crippen LogP contribution in [0.25, 0.3) is 50.1 Å². The lowest BCUT2D eigenvalue weighted by molar-refractivity contribution is 0.128. The normalized spacial score (nSPS) is 17.7. The lowest BCUT2D eigenvalue weighted by Crippen LogP contribution is -2.58. The maximum absolute atomic E-state index is 12.2. The SMILES string of the molecule is CC1(C)CC(Cc2ccc(-c3cc(-c4c(O)c(-c5ccc(CC6CCNCC6)nn5)cc5ccccc45)c(-n4cccn4)cc3O)nn2)CC(C)(C)N1. The molecular formula is C43H48N8O2. The fraction of sp³-hybridized carbons (Fsp3) is 0.372. The van der Waals surface area contributed by atoms with Gasteiger partial charge in [-0.15, -0.1) is 0 Å². The molecule has 6 aromatic rings. The van der Waals surface area contributed by atoms with E-state index in [-0.39, 0.29) is 22.6 Å². The number of nitrogens with one attached hydrogen (secondary N) is 2. The highest BCUT2D eigenvalue weighted by Crippen LogP contribution is 2.47. The van der Waals surface area contributed by atoms with Crippen LogP contribution in [0.1, 0.15) is 64.8 Å². The molecule has 0 atom stereocenters. The summed E-state index contributed by atoms with van der Waals surface area (Å²) in [4.78, 5) is 0. The molecule has 272 valence electrons. The molecule has 2 saturated heterocycles. The molecule has 0 unspecified atom stereocenters. The lowest BCUT2D eigenvalue weighted by atomic mass is 9.74. The smallest absolute Gasteiger partial charge is 0.133 e. The van der Waals surface area contributed by atoms with E-state index in [1.54, 1.807) is 16.9 Å². The van der Waals surface area contributed by atoms with E-state index in [0.717, 1.165) is 73.8 Å². The Morgan fingerprint density at radius 1 is 0.717 bits per heavy atom. The van der Waals surface area contributed by atoms with E-state index >= 15 is 0 Å². The number of rotatable bonds is 8. The van der Waals surface area contributed by atoms with Crippen LogP contribution < -0.4 is 10.6 Å². The zero-order valence-electron chi connectivity index (χ0n) is 31.0. The highest BCUT2D eigenvalue weighted by atomic mass is 16.3. The maximum Gasteiger partial charge on any atom is 0.133 e. The summed E-state index contributed by atoms with van der Waals surface area (Å²) < 4.78 is 1.70. The zero-order valence-corrected chi connectivity index (χ0v) is 31.0. The van der Waals surface area contributed by atoms with Gasteiger partial charge in [0.25, 0.3) is 0 Å². The molecule has 0 bridgehead atoms. The van der Waals surface area contributed by atoms with Crippen LogP contribution in [0.4, 0.5) is 0 Å². The van der Waals surface area contributed by atoms with Crippen LogP contribution in [-0.4, -0.2) is 64.6 Å². The van der Waals surface area contributed by atoms with Crippen molar-refractivity contribution in [2.45, 2.75) is 77.3 Å². The molecule has 0 spiro atoms. The van der Waals surface area contributed by atoms with Gasteiger partial charge in [0.15, 0.2) is 0 Å². The molecule has 5 heterocycles. The van der Waals surface area contributed by atoms with Crippen LogP contribution in [0.2, 0.25) is 0 Å². The summed E-state index contributed by atoms with van der Waals surface area (Å²) >= 11 is 0. The zero-order chi connectivity index (χ0) is 36.7. The summed E-state index contributed by atoms with van der Waals surface area (Å²) in [6.07, 6.45) is 9.64. The predicted molar refractivity (Wildman–Crippen MR) is 209 cm³/mol. The molecule has 10 nitrogen and oxygen atoms in total. The Morgan fingerprint density at radius 2 is 1.38 bits per heavy atom. The molecule has 53 heavy (non-hydrogen) atoms. The first-order valence-electron chi connectivity index (χ1n) is 18.8. The van der Waals surface area contributed by atoms with Crippen LogP contribution >= 0.6 is 0 Å². The summed E-state index contributed by atoms with van der Waals surface area (Å²) in [5.74, 6) is 1.19. The van der Waals surface area contributed by atoms with Crippen molar-refractivity contribution in [1.29, 1.82) is 0 Å². The average Bonchev–Trinajstić information content (AvgIpc) is 3.67. The second kappa shape index (κ2) is 14.0. The second-order valence-electron chi connectivity index (χ2n) is 16.3. The van der Waals surface area contributed by atoms with Crippen molar-refractivity contribution >= 4 is 10.8 Å². The first-order chi connectivity index (χ1) is 25.5. The standard InChI is InChI=1S/C43H48N8O2/c1-42(2)25-28(26-43(3,4)50-42)21-31-10-12-36(48-47-31)33-23-35(38(24-39(33)52)51-19-7-16-45-51)40-32-9-6-5-8-29(32)22-34(41(40)53)37-13-11-30(46-49-37)20-27-14-17-44-18-15-27/h5-13,16,19,22-24,27-28,44,50,52-53H,14-15,17-18,20-21,25-26H2,1-4H3. The Morgan fingerprint density at radius 3 is 2.02 bits per heavy atom. The number of fused-ring (bicyclic) bond motifs is 1. The molecule has 0 saturated carbocycles. The Labute approximate surface area is 310 Å². The van der Waals surface area contributed by atoms with E-state index in [2.05, 4.69) is 63.8 Å². The third-order valence-corrected chi connectivity index (χ3v) is 10.9. The first-order valence-corrected chi connectivity index (χ1v) is 18.8. The fourth-order valence-corrected chi connectivity index (χ4v) is 8.97. The van der Waals surface area contributed by atoms with Crippen LogP contribution in [0, 0.1) is 11.8 Å². The van der Waals surface area contributed by atoms with Gasteiger partial charge in [0.05, 0.1) is 28.5 Å². The van der Waals surface area contributed by atoms with E-state index < -0.39 is 0 Å². The van der Waals surface area contributed by atoms with Crippen LogP contribution in [-0.2, 0) is 12.8 Å². The predicted octanol–water partition coefficient (Wildman–Crippen LogP) is 7.66. The van der Waals surface area contributed by atoms with Gasteiger partial charge in [-0.05, 0) is 144 Å². The lowest BCUT2D eigenvalue weighted by Gasteiger charge is -2.46. The molecule has 3 aromatic carbocycles. The maximum atomic E-state index is 12.2. The quantitative estimate of drug-likeness (QED) is 0.126. The number of aromatic hydroxyl groups is 2. The van der Waals surface area contributed by atoms with Gasteiger partial charge in [0.2, 0.25) is 0 Å². The largest absolute Gasteiger partial charge is 0.507 e. The fourth-order valence-electron chi connectivity index (χ4n) is 8.97. The van der Waals surface area contributed by atoms with Crippen molar-refractivity contribution in [2.24, 2.45) is 11.8 Å². The van der Waals surface area contributed by atoms with Crippen molar-refractivity contribution < 1.29 is 10.2 Å². The molecular weight excluding hydrogens is 661 g/mol. The van der Waals surface area contributed by atoms with Gasteiger partial charge in [-0.1, -0.05) is 24.3 Å². The Bertz CT molecular complexity index is 2210. The van der Waals surface area contributed by atoms with Crippen LogP contribution in [0.3, 0.4) is 0 Å². The van der Waals surface area contributed by atoms with E-state index in [1.807, 2.05) is 72.9 Å². The first kappa shape index (κ1) is 34.9. The van der Waals surface area contributed by atoms with E-state index in [0.29, 0.717) is 51.2 Å². The summed E-state index contributed by atoms with van der Waals surface area (Å²) in [7, 11) is 0. The van der Waals surface area contributed by atoms with Gasteiger partial charge in [-0.2, -0.15) is 25.5 Å². The van der Waals surface area contributed by atoms with Gasteiger partial charge in [0.1, 0.15) is 11.5 Å². The number of hydrogen-bond acceptors (Lipinski definition) is 9. The van der Waals surface area contributed by atoms with Crippen molar-refractivity contribution in [2.75, 3.05) is 13.1 Å². The molecule has 2 aliphatic heterocycles. The number of nitrogens with zero attached hydrogens (tertiary/aromatic N) is 6. The molecule has 0 amide bonds. The summed E-state index contributed by atoms with van der Waals surface area (Å²) in [6.45, 7) is 11.1. The highest BCUT2D eigenvalue weighted by molar-refractivity contribution is 6.06. The monoisotopic (exact) mass is 708 g/mol. The van der Waals surface area contributed by atoms with Crippen molar-refractivity contribution in [3.63, 3.8) is 0 Å². The Kier molecular flexibility index (Phi) is 9.20. The number of aromatic nitrogens is 6. The minimum Gasteiger partial charge on any atom is -0.507 e. The summed E-state index contributed by atoms with van der Waals surface area (Å²) in [6, 6.07) is 23.3. The molecule has 2 aliphatic rings. The number of phenols is 2. The van der Waals surface area contributed by atoms with Gasteiger partial charge in [-0.3, -0.25) is 0 Å². The minimum absolute atomic E-state index is 0.0401. The Hall–Kier alpha value is -5.19. The molecule has 10 heteroatoms. The summed E-state index contributed by atoms with van der Waals surface area (Å²) in [5, 5.41) is 55.8. The van der Waals surface area contributed by atoms with E-state index in [9.17, 15) is 10.2 Å². The minimum atomic E-state index is 0.0401. The highest BCUT2D eigenvalue weighted by Gasteiger charge is 2.37. The average molecular weight is 709 g/mol. The van der Waals surface area contributed by atoms with Crippen molar-refractivity contribution in [3.8, 4) is 50.8 Å². The number of piperidine rings is 2. The molecule has 2 fully saturated rings. The number of benzene rings is 3. The van der Waals surface area contributed by atoms with Crippen molar-refractivity contribution in [1.82, 2.24) is 40.8 Å². The molecule has 0 aliphatic carbocycles. The third-order valence-electron chi connectivity index (χ3n) is 10.9. The number of hydrogen-bond donors (Lipinski definition) is 4. The summed E-state index contributed by atoms with van der Waals surface area (Å²) in [5.41, 5.74) is 6.10. The Balaban J connectivity index is 1.19. The second-order valence-corrected chi connectivity index (χ2v) is 16.3. The van der Waals surface area contributed by atoms with Crippen molar-refractivity contribution in [3.05, 3.63) is 96.6 Å². The number of phenolic OH excluding ortho intramolecular Hbond substituents is 2. The van der Waals surface area contributed by atoms with Gasteiger partial charge >= 0.3 is 0 Å². The van der Waals surface area contributed by atoms with E-state index in [4.69, 9.17) is 0 Å². The molecule has 3 aromatic heterocycles. The molecule has 0 radical (unpaired) electrons. The molecule has 4 N–H and O–H groups in total. The third kappa shape index (κ3) is 7.39. The van der Waals surface area contributed by atoms with E-state index in [1.165, 1.54) is 0 Å². The van der Waals surface area contributed by atoms with Gasteiger partial charge in [0, 0.05) is 51.8 Å². The topological polar surface area (TPSA) is 134 Å².